The van der Waals surface area contributed by atoms with Crippen LogP contribution in [0.15, 0.2) is 29.4 Å². The molecule has 116 valence electrons. The summed E-state index contributed by atoms with van der Waals surface area (Å²) in [5, 5.41) is 7.57. The van der Waals surface area contributed by atoms with Gasteiger partial charge in [0.05, 0.1) is 6.54 Å². The maximum atomic E-state index is 5.38. The van der Waals surface area contributed by atoms with Crippen molar-refractivity contribution in [2.75, 3.05) is 13.8 Å². The Morgan fingerprint density at radius 1 is 1.27 bits per heavy atom. The largest absolute Gasteiger partial charge is 0.454 e. The van der Waals surface area contributed by atoms with Crippen molar-refractivity contribution in [1.82, 2.24) is 15.6 Å². The number of thiazole rings is 1. The summed E-state index contributed by atoms with van der Waals surface area (Å²) in [5.74, 6) is 2.33. The Balaban J connectivity index is 1.52. The molecule has 0 spiro atoms. The molecule has 1 aromatic carbocycles. The minimum atomic E-state index is 0.294. The summed E-state index contributed by atoms with van der Waals surface area (Å²) in [5.41, 5.74) is 1.11. The molecule has 2 aromatic rings. The van der Waals surface area contributed by atoms with E-state index in [-0.39, 0.29) is 0 Å². The fourth-order valence-electron chi connectivity index (χ4n) is 2.10. The molecule has 0 bridgehead atoms. The van der Waals surface area contributed by atoms with Gasteiger partial charge in [0.25, 0.3) is 0 Å². The summed E-state index contributed by atoms with van der Waals surface area (Å²) in [7, 11) is 1.75. The van der Waals surface area contributed by atoms with E-state index in [1.165, 1.54) is 4.88 Å². The number of aryl methyl sites for hydroxylation is 1. The molecule has 0 radical (unpaired) electrons. The second-order valence-electron chi connectivity index (χ2n) is 4.83. The molecule has 6 nitrogen and oxygen atoms in total. The van der Waals surface area contributed by atoms with E-state index in [0.717, 1.165) is 28.0 Å². The van der Waals surface area contributed by atoms with Gasteiger partial charge < -0.3 is 20.1 Å². The average Bonchev–Trinajstić information content (AvgIpc) is 3.15. The van der Waals surface area contributed by atoms with Crippen LogP contribution >= 0.6 is 11.3 Å². The van der Waals surface area contributed by atoms with Crippen molar-refractivity contribution in [1.29, 1.82) is 0 Å². The number of ether oxygens (including phenoxy) is 2. The number of hydrogen-bond donors (Lipinski definition) is 2. The number of benzene rings is 1. The molecule has 1 aromatic heterocycles. The second kappa shape index (κ2) is 6.65. The quantitative estimate of drug-likeness (QED) is 0.667. The Kier molecular flexibility index (Phi) is 4.43. The molecule has 1 aliphatic heterocycles. The molecule has 0 fully saturated rings. The number of aliphatic imine (C=N–C) groups is 1. The lowest BCUT2D eigenvalue weighted by molar-refractivity contribution is 0.174. The third-order valence-electron chi connectivity index (χ3n) is 3.20. The minimum Gasteiger partial charge on any atom is -0.454 e. The molecule has 0 saturated carbocycles. The molecular formula is C15H18N4O2S. The third kappa shape index (κ3) is 3.48. The van der Waals surface area contributed by atoms with E-state index in [2.05, 4.69) is 20.6 Å². The number of guanidine groups is 1. The number of rotatable bonds is 4. The van der Waals surface area contributed by atoms with Gasteiger partial charge in [-0.05, 0) is 24.6 Å². The van der Waals surface area contributed by atoms with Crippen molar-refractivity contribution in [2.24, 2.45) is 4.99 Å². The van der Waals surface area contributed by atoms with Gasteiger partial charge in [-0.3, -0.25) is 4.99 Å². The second-order valence-corrected chi connectivity index (χ2v) is 6.15. The zero-order valence-corrected chi connectivity index (χ0v) is 13.4. The van der Waals surface area contributed by atoms with Gasteiger partial charge in [0.1, 0.15) is 5.01 Å². The Morgan fingerprint density at radius 2 is 2.09 bits per heavy atom. The number of nitrogens with one attached hydrogen (secondary N) is 2. The summed E-state index contributed by atoms with van der Waals surface area (Å²) in [4.78, 5) is 9.74. The van der Waals surface area contributed by atoms with Gasteiger partial charge in [-0.25, -0.2) is 4.98 Å². The van der Waals surface area contributed by atoms with Crippen molar-refractivity contribution in [3.8, 4) is 11.5 Å². The summed E-state index contributed by atoms with van der Waals surface area (Å²) in [6.07, 6.45) is 1.88. The highest BCUT2D eigenvalue weighted by Gasteiger charge is 2.13. The molecule has 0 amide bonds. The van der Waals surface area contributed by atoms with Crippen LogP contribution in [-0.2, 0) is 13.1 Å². The molecule has 3 rings (SSSR count). The van der Waals surface area contributed by atoms with Crippen molar-refractivity contribution < 1.29 is 9.47 Å². The molecule has 1 aliphatic rings. The first kappa shape index (κ1) is 14.6. The maximum absolute atomic E-state index is 5.38. The van der Waals surface area contributed by atoms with Crippen LogP contribution in [0, 0.1) is 6.92 Å². The predicted octanol–water partition coefficient (Wildman–Crippen LogP) is 2.05. The van der Waals surface area contributed by atoms with E-state index in [1.54, 1.807) is 18.4 Å². The standard InChI is InChI=1S/C15H18N4O2S/c1-10-6-17-14(22-10)8-19-15(16-2)18-7-11-3-4-12-13(5-11)21-9-20-12/h3-6H,7-9H2,1-2H3,(H2,16,18,19). The van der Waals surface area contributed by atoms with Crippen LogP contribution in [0.1, 0.15) is 15.4 Å². The molecule has 7 heteroatoms. The monoisotopic (exact) mass is 318 g/mol. The van der Waals surface area contributed by atoms with E-state index in [1.807, 2.05) is 31.3 Å². The van der Waals surface area contributed by atoms with E-state index in [0.29, 0.717) is 19.9 Å². The van der Waals surface area contributed by atoms with E-state index in [4.69, 9.17) is 9.47 Å². The first-order valence-corrected chi connectivity index (χ1v) is 7.80. The number of fused-ring (bicyclic) bond motifs is 1. The molecule has 2 N–H and O–H groups in total. The normalized spacial score (nSPS) is 13.3. The van der Waals surface area contributed by atoms with E-state index < -0.39 is 0 Å². The van der Waals surface area contributed by atoms with Crippen LogP contribution in [0.2, 0.25) is 0 Å². The Morgan fingerprint density at radius 3 is 2.86 bits per heavy atom. The minimum absolute atomic E-state index is 0.294. The number of aromatic nitrogens is 1. The molecule has 0 atom stereocenters. The molecular weight excluding hydrogens is 300 g/mol. The summed E-state index contributed by atoms with van der Waals surface area (Å²) in [6, 6.07) is 5.92. The van der Waals surface area contributed by atoms with Crippen LogP contribution in [0.4, 0.5) is 0 Å². The SMILES string of the molecule is CN=C(NCc1ccc2c(c1)OCO2)NCc1ncc(C)s1. The van der Waals surface area contributed by atoms with Gasteiger partial charge in [-0.1, -0.05) is 6.07 Å². The molecule has 0 saturated heterocycles. The Labute approximate surface area is 133 Å². The van der Waals surface area contributed by atoms with Crippen LogP contribution in [0.3, 0.4) is 0 Å². The number of hydrogen-bond acceptors (Lipinski definition) is 5. The van der Waals surface area contributed by atoms with E-state index in [9.17, 15) is 0 Å². The maximum Gasteiger partial charge on any atom is 0.231 e. The Bertz CT molecular complexity index is 684. The first-order valence-electron chi connectivity index (χ1n) is 6.99. The van der Waals surface area contributed by atoms with Gasteiger partial charge in [0.2, 0.25) is 6.79 Å². The summed E-state index contributed by atoms with van der Waals surface area (Å²) >= 11 is 1.68. The summed E-state index contributed by atoms with van der Waals surface area (Å²) < 4.78 is 10.7. The molecule has 2 heterocycles. The highest BCUT2D eigenvalue weighted by Crippen LogP contribution is 2.32. The van der Waals surface area contributed by atoms with Gasteiger partial charge in [0.15, 0.2) is 17.5 Å². The van der Waals surface area contributed by atoms with Crippen molar-refractivity contribution in [2.45, 2.75) is 20.0 Å². The van der Waals surface area contributed by atoms with Gasteiger partial charge >= 0.3 is 0 Å². The van der Waals surface area contributed by atoms with Crippen LogP contribution in [-0.4, -0.2) is 24.8 Å². The van der Waals surface area contributed by atoms with Crippen LogP contribution < -0.4 is 20.1 Å². The van der Waals surface area contributed by atoms with Crippen LogP contribution in [0.25, 0.3) is 0 Å². The highest BCUT2D eigenvalue weighted by molar-refractivity contribution is 7.11. The van der Waals surface area contributed by atoms with Gasteiger partial charge in [-0.2, -0.15) is 0 Å². The van der Waals surface area contributed by atoms with Gasteiger partial charge in [0, 0.05) is 24.7 Å². The topological polar surface area (TPSA) is 67.8 Å². The van der Waals surface area contributed by atoms with E-state index >= 15 is 0 Å². The average molecular weight is 318 g/mol. The smallest absolute Gasteiger partial charge is 0.231 e. The lowest BCUT2D eigenvalue weighted by atomic mass is 10.2. The fourth-order valence-corrected chi connectivity index (χ4v) is 2.83. The third-order valence-corrected chi connectivity index (χ3v) is 4.11. The van der Waals surface area contributed by atoms with Crippen molar-refractivity contribution in [3.63, 3.8) is 0 Å². The number of nitrogens with zero attached hydrogens (tertiary/aromatic N) is 2. The summed E-state index contributed by atoms with van der Waals surface area (Å²) in [6.45, 7) is 3.67. The molecule has 22 heavy (non-hydrogen) atoms. The molecule has 0 aliphatic carbocycles. The molecule has 0 unspecified atom stereocenters. The zero-order chi connectivity index (χ0) is 15.4. The van der Waals surface area contributed by atoms with Crippen LogP contribution in [0.5, 0.6) is 11.5 Å². The lowest BCUT2D eigenvalue weighted by Gasteiger charge is -2.11. The first-order chi connectivity index (χ1) is 10.7. The zero-order valence-electron chi connectivity index (χ0n) is 12.5. The lowest BCUT2D eigenvalue weighted by Crippen LogP contribution is -2.36. The van der Waals surface area contributed by atoms with Crippen molar-refractivity contribution in [3.05, 3.63) is 39.8 Å². The fraction of sp³-hybridized carbons (Fsp3) is 0.333. The van der Waals surface area contributed by atoms with Crippen molar-refractivity contribution >= 4 is 17.3 Å². The highest BCUT2D eigenvalue weighted by atomic mass is 32.1. The Hall–Kier alpha value is -2.28. The van der Waals surface area contributed by atoms with Gasteiger partial charge in [-0.15, -0.1) is 11.3 Å². The predicted molar refractivity (Wildman–Crippen MR) is 86.5 cm³/mol.